The van der Waals surface area contributed by atoms with Gasteiger partial charge in [0.1, 0.15) is 11.5 Å². The number of ketones is 2. The number of Topliss-reactive ketones (excluding diaryl/α,β-unsaturated/α-hetero) is 2. The quantitative estimate of drug-likeness (QED) is 0.389. The zero-order valence-corrected chi connectivity index (χ0v) is 16.2. The molecule has 0 radical (unpaired) electrons. The van der Waals surface area contributed by atoms with Crippen molar-refractivity contribution in [3.05, 3.63) is 120 Å². The lowest BCUT2D eigenvalue weighted by molar-refractivity contribution is 0.0376. The summed E-state index contributed by atoms with van der Waals surface area (Å²) in [6.45, 7) is 0. The van der Waals surface area contributed by atoms with Gasteiger partial charge in [-0.05, 0) is 24.3 Å². The second kappa shape index (κ2) is 7.64. The molecule has 148 valence electrons. The van der Waals surface area contributed by atoms with Crippen molar-refractivity contribution < 1.29 is 18.4 Å². The van der Waals surface area contributed by atoms with E-state index in [0.717, 1.165) is 0 Å². The van der Waals surface area contributed by atoms with Crippen LogP contribution in [-0.4, -0.2) is 11.6 Å². The first-order valence-electron chi connectivity index (χ1n) is 10.0. The maximum atomic E-state index is 13.6. The fraction of sp³-hybridized carbons (Fsp3) is 0.154. The molecule has 4 unspecified atom stereocenters. The normalized spacial score (nSPS) is 22.9. The molecule has 0 saturated heterocycles. The maximum Gasteiger partial charge on any atom is 0.167 e. The van der Waals surface area contributed by atoms with Gasteiger partial charge in [-0.3, -0.25) is 9.59 Å². The Kier molecular flexibility index (Phi) is 4.68. The summed E-state index contributed by atoms with van der Waals surface area (Å²) < 4.78 is 11.4. The second-order valence-electron chi connectivity index (χ2n) is 7.59. The van der Waals surface area contributed by atoms with Gasteiger partial charge in [0.05, 0.1) is 12.5 Å². The van der Waals surface area contributed by atoms with E-state index in [9.17, 15) is 9.59 Å². The number of hydrogen-bond acceptors (Lipinski definition) is 4. The highest BCUT2D eigenvalue weighted by atomic mass is 16.3. The van der Waals surface area contributed by atoms with Gasteiger partial charge in [0.15, 0.2) is 11.6 Å². The third-order valence-electron chi connectivity index (χ3n) is 6.01. The molecular formula is C26H20O4. The largest absolute Gasteiger partial charge is 0.469 e. The molecule has 0 amide bonds. The highest BCUT2D eigenvalue weighted by molar-refractivity contribution is 6.07. The molecule has 1 aliphatic rings. The van der Waals surface area contributed by atoms with E-state index >= 15 is 0 Å². The van der Waals surface area contributed by atoms with Gasteiger partial charge in [0.25, 0.3) is 0 Å². The molecule has 1 fully saturated rings. The molecule has 4 heteroatoms. The van der Waals surface area contributed by atoms with E-state index < -0.39 is 11.8 Å². The lowest BCUT2D eigenvalue weighted by Crippen LogP contribution is -2.51. The van der Waals surface area contributed by atoms with Crippen molar-refractivity contribution >= 4 is 11.6 Å². The standard InChI is InChI=1S/C26H20O4/c27-25(17-9-3-1-4-10-17)23-21(19-13-7-15-29-19)22(20-14-8-16-30-20)24(23)26(28)18-11-5-2-6-12-18/h1-16,21-24H. The average molecular weight is 396 g/mol. The van der Waals surface area contributed by atoms with Gasteiger partial charge in [-0.25, -0.2) is 0 Å². The number of rotatable bonds is 6. The maximum absolute atomic E-state index is 13.6. The van der Waals surface area contributed by atoms with Crippen molar-refractivity contribution in [1.29, 1.82) is 0 Å². The summed E-state index contributed by atoms with van der Waals surface area (Å²) in [7, 11) is 0. The molecule has 30 heavy (non-hydrogen) atoms. The van der Waals surface area contributed by atoms with E-state index in [1.165, 1.54) is 0 Å². The van der Waals surface area contributed by atoms with E-state index in [1.54, 1.807) is 36.8 Å². The summed E-state index contributed by atoms with van der Waals surface area (Å²) in [5, 5.41) is 0. The van der Waals surface area contributed by atoms with Gasteiger partial charge in [0.2, 0.25) is 0 Å². The fourth-order valence-corrected chi connectivity index (χ4v) is 4.66. The van der Waals surface area contributed by atoms with Crippen molar-refractivity contribution in [3.63, 3.8) is 0 Å². The molecule has 4 aromatic rings. The number of benzene rings is 2. The lowest BCUT2D eigenvalue weighted by atomic mass is 9.51. The number of furan rings is 2. The monoisotopic (exact) mass is 396 g/mol. The molecule has 0 N–H and O–H groups in total. The lowest BCUT2D eigenvalue weighted by Gasteiger charge is -2.48. The summed E-state index contributed by atoms with van der Waals surface area (Å²) in [5.41, 5.74) is 1.20. The Morgan fingerprint density at radius 2 is 0.933 bits per heavy atom. The molecule has 2 heterocycles. The molecule has 0 aliphatic heterocycles. The third-order valence-corrected chi connectivity index (χ3v) is 6.01. The van der Waals surface area contributed by atoms with Gasteiger partial charge in [-0.2, -0.15) is 0 Å². The van der Waals surface area contributed by atoms with E-state index in [4.69, 9.17) is 8.83 Å². The van der Waals surface area contributed by atoms with Crippen molar-refractivity contribution in [2.45, 2.75) is 11.8 Å². The van der Waals surface area contributed by atoms with E-state index in [0.29, 0.717) is 22.6 Å². The van der Waals surface area contributed by atoms with E-state index in [2.05, 4.69) is 0 Å². The molecule has 1 aliphatic carbocycles. The van der Waals surface area contributed by atoms with Crippen LogP contribution in [0.5, 0.6) is 0 Å². The van der Waals surface area contributed by atoms with Crippen LogP contribution in [0.15, 0.2) is 106 Å². The topological polar surface area (TPSA) is 60.4 Å². The van der Waals surface area contributed by atoms with Gasteiger partial charge in [-0.1, -0.05) is 60.7 Å². The molecule has 1 saturated carbocycles. The Morgan fingerprint density at radius 1 is 0.533 bits per heavy atom. The Balaban J connectivity index is 1.62. The predicted octanol–water partition coefficient (Wildman–Crippen LogP) is 5.75. The number of hydrogen-bond donors (Lipinski definition) is 0. The van der Waals surface area contributed by atoms with Crippen LogP contribution < -0.4 is 0 Å². The first-order chi connectivity index (χ1) is 14.8. The fourth-order valence-electron chi connectivity index (χ4n) is 4.66. The van der Waals surface area contributed by atoms with E-state index in [1.807, 2.05) is 60.7 Å². The van der Waals surface area contributed by atoms with Crippen LogP contribution in [0.3, 0.4) is 0 Å². The molecule has 4 atom stereocenters. The van der Waals surface area contributed by atoms with Gasteiger partial charge in [0, 0.05) is 34.8 Å². The van der Waals surface area contributed by atoms with Crippen LogP contribution in [0.1, 0.15) is 44.1 Å². The Morgan fingerprint density at radius 3 is 1.27 bits per heavy atom. The van der Waals surface area contributed by atoms with Crippen molar-refractivity contribution in [2.24, 2.45) is 11.8 Å². The van der Waals surface area contributed by atoms with Crippen LogP contribution in [0.2, 0.25) is 0 Å². The van der Waals surface area contributed by atoms with Gasteiger partial charge < -0.3 is 8.83 Å². The van der Waals surface area contributed by atoms with Crippen LogP contribution in [-0.2, 0) is 0 Å². The summed E-state index contributed by atoms with van der Waals surface area (Å²) >= 11 is 0. The molecule has 0 bridgehead atoms. The van der Waals surface area contributed by atoms with Crippen LogP contribution in [0, 0.1) is 11.8 Å². The minimum Gasteiger partial charge on any atom is -0.469 e. The number of carbonyl (C=O) groups is 2. The van der Waals surface area contributed by atoms with E-state index in [-0.39, 0.29) is 23.4 Å². The Hall–Kier alpha value is -3.66. The van der Waals surface area contributed by atoms with Crippen molar-refractivity contribution in [1.82, 2.24) is 0 Å². The molecular weight excluding hydrogens is 376 g/mol. The second-order valence-corrected chi connectivity index (χ2v) is 7.59. The average Bonchev–Trinajstić information content (AvgIpc) is 3.49. The smallest absolute Gasteiger partial charge is 0.167 e. The van der Waals surface area contributed by atoms with Crippen LogP contribution in [0.4, 0.5) is 0 Å². The third kappa shape index (κ3) is 3.01. The summed E-state index contributed by atoms with van der Waals surface area (Å²) in [4.78, 5) is 27.1. The molecule has 0 spiro atoms. The first kappa shape index (κ1) is 18.4. The number of carbonyl (C=O) groups excluding carboxylic acids is 2. The zero-order valence-electron chi connectivity index (χ0n) is 16.2. The molecule has 4 nitrogen and oxygen atoms in total. The molecule has 2 aromatic carbocycles. The minimum absolute atomic E-state index is 0.0471. The summed E-state index contributed by atoms with van der Waals surface area (Å²) in [6.07, 6.45) is 3.20. The molecule has 5 rings (SSSR count). The zero-order chi connectivity index (χ0) is 20.5. The van der Waals surface area contributed by atoms with Crippen molar-refractivity contribution in [2.75, 3.05) is 0 Å². The SMILES string of the molecule is O=C(c1ccccc1)C1C(C(=O)c2ccccc2)C(c2ccco2)C1c1ccco1. The Bertz CT molecular complexity index is 1030. The summed E-state index contributed by atoms with van der Waals surface area (Å²) in [5.74, 6) is -0.287. The highest BCUT2D eigenvalue weighted by Gasteiger charge is 2.60. The van der Waals surface area contributed by atoms with Crippen LogP contribution >= 0.6 is 0 Å². The van der Waals surface area contributed by atoms with Gasteiger partial charge >= 0.3 is 0 Å². The Labute approximate surface area is 174 Å². The van der Waals surface area contributed by atoms with Crippen LogP contribution in [0.25, 0.3) is 0 Å². The first-order valence-corrected chi connectivity index (χ1v) is 10.0. The van der Waals surface area contributed by atoms with Gasteiger partial charge in [-0.15, -0.1) is 0 Å². The predicted molar refractivity (Wildman–Crippen MR) is 111 cm³/mol. The summed E-state index contributed by atoms with van der Waals surface area (Å²) in [6, 6.07) is 25.7. The minimum atomic E-state index is -0.527. The molecule has 2 aromatic heterocycles. The highest BCUT2D eigenvalue weighted by Crippen LogP contribution is 2.59. The van der Waals surface area contributed by atoms with Crippen molar-refractivity contribution in [3.8, 4) is 0 Å².